The van der Waals surface area contributed by atoms with Gasteiger partial charge in [-0.05, 0) is 26.8 Å². The van der Waals surface area contributed by atoms with Crippen LogP contribution in [0.2, 0.25) is 0 Å². The molecule has 0 saturated heterocycles. The maximum absolute atomic E-state index is 12.0. The highest BCUT2D eigenvalue weighted by Crippen LogP contribution is 2.19. The van der Waals surface area contributed by atoms with Crippen LogP contribution in [0.1, 0.15) is 20.8 Å². The average molecular weight is 277 g/mol. The molecule has 0 aliphatic rings. The molecule has 20 heavy (non-hydrogen) atoms. The van der Waals surface area contributed by atoms with Crippen molar-refractivity contribution in [2.45, 2.75) is 32.9 Å². The number of rotatable bonds is 3. The lowest BCUT2D eigenvalue weighted by molar-refractivity contribution is -0.123. The Balaban J connectivity index is 2.33. The van der Waals surface area contributed by atoms with Crippen LogP contribution in [-0.2, 0) is 11.3 Å². The van der Waals surface area contributed by atoms with Crippen molar-refractivity contribution in [3.05, 3.63) is 12.1 Å². The van der Waals surface area contributed by atoms with Crippen LogP contribution in [0.15, 0.2) is 12.1 Å². The molecular weight excluding hydrogens is 258 g/mol. The van der Waals surface area contributed by atoms with E-state index in [2.05, 4.69) is 15.3 Å². The number of ether oxygens (including phenoxy) is 1. The molecule has 2 rings (SSSR count). The molecule has 2 aromatic heterocycles. The SMILES string of the molecule is COc1ccc2nc(N)n(CC(=O)NC(C)(C)C)c2n1. The number of nitrogens with zero attached hydrogens (tertiary/aromatic N) is 3. The van der Waals surface area contributed by atoms with Gasteiger partial charge in [0.2, 0.25) is 17.7 Å². The number of imidazole rings is 1. The van der Waals surface area contributed by atoms with Gasteiger partial charge in [-0.25, -0.2) is 4.98 Å². The fourth-order valence-electron chi connectivity index (χ4n) is 1.87. The van der Waals surface area contributed by atoms with E-state index in [1.165, 1.54) is 7.11 Å². The summed E-state index contributed by atoms with van der Waals surface area (Å²) in [5.41, 5.74) is 6.71. The standard InChI is InChI=1S/C13H19N5O2/c1-13(2,3)17-9(19)7-18-11-8(15-12(18)14)5-6-10(16-11)20-4/h5-6H,7H2,1-4H3,(H2,14,15)(H,17,19). The van der Waals surface area contributed by atoms with E-state index < -0.39 is 0 Å². The Morgan fingerprint density at radius 3 is 2.70 bits per heavy atom. The van der Waals surface area contributed by atoms with Gasteiger partial charge in [0, 0.05) is 11.6 Å². The Labute approximate surface area is 117 Å². The quantitative estimate of drug-likeness (QED) is 0.870. The third kappa shape index (κ3) is 2.98. The predicted molar refractivity (Wildman–Crippen MR) is 76.4 cm³/mol. The van der Waals surface area contributed by atoms with Gasteiger partial charge in [-0.3, -0.25) is 9.36 Å². The number of carbonyl (C=O) groups excluding carboxylic acids is 1. The van der Waals surface area contributed by atoms with Gasteiger partial charge in [-0.15, -0.1) is 0 Å². The lowest BCUT2D eigenvalue weighted by atomic mass is 10.1. The molecule has 2 aromatic rings. The van der Waals surface area contributed by atoms with E-state index in [9.17, 15) is 4.79 Å². The molecule has 0 saturated carbocycles. The molecule has 0 fully saturated rings. The van der Waals surface area contributed by atoms with E-state index in [4.69, 9.17) is 10.5 Å². The Morgan fingerprint density at radius 1 is 1.40 bits per heavy atom. The topological polar surface area (TPSA) is 95.1 Å². The molecule has 3 N–H and O–H groups in total. The number of hydrogen-bond acceptors (Lipinski definition) is 5. The van der Waals surface area contributed by atoms with E-state index in [0.717, 1.165) is 0 Å². The van der Waals surface area contributed by atoms with Crippen molar-refractivity contribution in [3.63, 3.8) is 0 Å². The maximum atomic E-state index is 12.0. The number of methoxy groups -OCH3 is 1. The molecule has 1 amide bonds. The zero-order chi connectivity index (χ0) is 14.9. The van der Waals surface area contributed by atoms with Gasteiger partial charge in [0.25, 0.3) is 0 Å². The Morgan fingerprint density at radius 2 is 2.10 bits per heavy atom. The number of amides is 1. The van der Waals surface area contributed by atoms with Gasteiger partial charge in [0.1, 0.15) is 12.1 Å². The largest absolute Gasteiger partial charge is 0.481 e. The highest BCUT2D eigenvalue weighted by Gasteiger charge is 2.17. The summed E-state index contributed by atoms with van der Waals surface area (Å²) in [4.78, 5) is 20.5. The summed E-state index contributed by atoms with van der Waals surface area (Å²) in [5, 5.41) is 2.88. The summed E-state index contributed by atoms with van der Waals surface area (Å²) >= 11 is 0. The molecule has 0 unspecified atom stereocenters. The van der Waals surface area contributed by atoms with Gasteiger partial charge in [0.15, 0.2) is 5.65 Å². The second-order valence-electron chi connectivity index (χ2n) is 5.55. The monoisotopic (exact) mass is 277 g/mol. The van der Waals surface area contributed by atoms with E-state index in [1.54, 1.807) is 16.7 Å². The first kappa shape index (κ1) is 14.1. The first-order chi connectivity index (χ1) is 9.30. The molecule has 7 nitrogen and oxygen atoms in total. The van der Waals surface area contributed by atoms with Crippen molar-refractivity contribution in [2.24, 2.45) is 0 Å². The fraction of sp³-hybridized carbons (Fsp3) is 0.462. The van der Waals surface area contributed by atoms with Gasteiger partial charge in [-0.2, -0.15) is 4.98 Å². The minimum absolute atomic E-state index is 0.0692. The molecule has 0 aliphatic carbocycles. The van der Waals surface area contributed by atoms with Crippen LogP contribution in [0.25, 0.3) is 11.2 Å². The summed E-state index contributed by atoms with van der Waals surface area (Å²) in [6.45, 7) is 5.82. The summed E-state index contributed by atoms with van der Waals surface area (Å²) < 4.78 is 6.65. The van der Waals surface area contributed by atoms with Crippen LogP contribution >= 0.6 is 0 Å². The molecule has 0 aliphatic heterocycles. The predicted octanol–water partition coefficient (Wildman–Crippen LogP) is 0.937. The van der Waals surface area contributed by atoms with Crippen LogP contribution in [0.5, 0.6) is 5.88 Å². The molecule has 0 atom stereocenters. The van der Waals surface area contributed by atoms with Crippen LogP contribution in [0, 0.1) is 0 Å². The number of aromatic nitrogens is 3. The van der Waals surface area contributed by atoms with Crippen molar-refractivity contribution in [1.82, 2.24) is 19.9 Å². The van der Waals surface area contributed by atoms with Gasteiger partial charge >= 0.3 is 0 Å². The average Bonchev–Trinajstić information content (AvgIpc) is 2.63. The first-order valence-electron chi connectivity index (χ1n) is 6.28. The van der Waals surface area contributed by atoms with Crippen LogP contribution in [0.4, 0.5) is 5.95 Å². The number of nitrogens with one attached hydrogen (secondary N) is 1. The molecule has 0 bridgehead atoms. The van der Waals surface area contributed by atoms with Gasteiger partial charge < -0.3 is 15.8 Å². The molecule has 0 aromatic carbocycles. The number of nitrogens with two attached hydrogens (primary N) is 1. The molecule has 0 radical (unpaired) electrons. The Kier molecular flexibility index (Phi) is 3.52. The van der Waals surface area contributed by atoms with Crippen molar-refractivity contribution in [2.75, 3.05) is 12.8 Å². The van der Waals surface area contributed by atoms with Crippen LogP contribution in [-0.4, -0.2) is 33.1 Å². The summed E-state index contributed by atoms with van der Waals surface area (Å²) in [6, 6.07) is 3.46. The first-order valence-corrected chi connectivity index (χ1v) is 6.28. The number of carbonyl (C=O) groups is 1. The third-order valence-corrected chi connectivity index (χ3v) is 2.62. The molecule has 0 spiro atoms. The van der Waals surface area contributed by atoms with Crippen molar-refractivity contribution in [1.29, 1.82) is 0 Å². The molecule has 2 heterocycles. The molecule has 7 heteroatoms. The number of fused-ring (bicyclic) bond motifs is 1. The summed E-state index contributed by atoms with van der Waals surface area (Å²) in [7, 11) is 1.53. The minimum Gasteiger partial charge on any atom is -0.481 e. The smallest absolute Gasteiger partial charge is 0.240 e. The fourth-order valence-corrected chi connectivity index (χ4v) is 1.87. The van der Waals surface area contributed by atoms with Gasteiger partial charge in [0.05, 0.1) is 7.11 Å². The maximum Gasteiger partial charge on any atom is 0.240 e. The van der Waals surface area contributed by atoms with Crippen molar-refractivity contribution >= 4 is 23.0 Å². The van der Waals surface area contributed by atoms with E-state index >= 15 is 0 Å². The van der Waals surface area contributed by atoms with Gasteiger partial charge in [-0.1, -0.05) is 0 Å². The Bertz CT molecular complexity index is 642. The number of hydrogen-bond donors (Lipinski definition) is 2. The highest BCUT2D eigenvalue weighted by molar-refractivity contribution is 5.81. The third-order valence-electron chi connectivity index (χ3n) is 2.62. The van der Waals surface area contributed by atoms with Crippen molar-refractivity contribution < 1.29 is 9.53 Å². The zero-order valence-electron chi connectivity index (χ0n) is 12.1. The van der Waals surface area contributed by atoms with E-state index in [0.29, 0.717) is 17.0 Å². The normalized spacial score (nSPS) is 11.6. The highest BCUT2D eigenvalue weighted by atomic mass is 16.5. The minimum atomic E-state index is -0.298. The van der Waals surface area contributed by atoms with Crippen molar-refractivity contribution in [3.8, 4) is 5.88 Å². The lowest BCUT2D eigenvalue weighted by Crippen LogP contribution is -2.42. The number of pyridine rings is 1. The second kappa shape index (κ2) is 4.99. The van der Waals surface area contributed by atoms with Crippen LogP contribution < -0.4 is 15.8 Å². The summed E-state index contributed by atoms with van der Waals surface area (Å²) in [6.07, 6.45) is 0. The zero-order valence-corrected chi connectivity index (χ0v) is 12.1. The Hall–Kier alpha value is -2.31. The summed E-state index contributed by atoms with van der Waals surface area (Å²) in [5.74, 6) is 0.563. The van der Waals surface area contributed by atoms with E-state index in [1.807, 2.05) is 20.8 Å². The van der Waals surface area contributed by atoms with E-state index in [-0.39, 0.29) is 23.9 Å². The molecule has 108 valence electrons. The lowest BCUT2D eigenvalue weighted by Gasteiger charge is -2.20. The second-order valence-corrected chi connectivity index (χ2v) is 5.55. The molecular formula is C13H19N5O2. The number of anilines is 1. The number of nitrogen functional groups attached to an aromatic ring is 1. The van der Waals surface area contributed by atoms with Crippen LogP contribution in [0.3, 0.4) is 0 Å².